The second-order valence-electron chi connectivity index (χ2n) is 6.11. The summed E-state index contributed by atoms with van der Waals surface area (Å²) in [4.78, 5) is 12.1. The molecule has 4 aromatic heterocycles. The van der Waals surface area contributed by atoms with Crippen molar-refractivity contribution in [1.29, 1.82) is 5.26 Å². The molecular formula is C19H16N6. The molecule has 0 bridgehead atoms. The van der Waals surface area contributed by atoms with E-state index in [-0.39, 0.29) is 0 Å². The zero-order chi connectivity index (χ0) is 17.4. The lowest BCUT2D eigenvalue weighted by atomic mass is 10.00. The third-order valence-electron chi connectivity index (χ3n) is 4.13. The van der Waals surface area contributed by atoms with E-state index in [4.69, 9.17) is 0 Å². The molecule has 0 aliphatic rings. The molecule has 6 heteroatoms. The number of pyridine rings is 2. The Morgan fingerprint density at radius 3 is 2.84 bits per heavy atom. The normalized spacial score (nSPS) is 10.9. The van der Waals surface area contributed by atoms with E-state index < -0.39 is 0 Å². The Morgan fingerprint density at radius 1 is 1.24 bits per heavy atom. The highest BCUT2D eigenvalue weighted by Crippen LogP contribution is 2.31. The van der Waals surface area contributed by atoms with Crippen molar-refractivity contribution < 1.29 is 0 Å². The second kappa shape index (κ2) is 5.87. The number of fused-ring (bicyclic) bond motifs is 1. The summed E-state index contributed by atoms with van der Waals surface area (Å²) in [6.07, 6.45) is 7.89. The van der Waals surface area contributed by atoms with E-state index in [9.17, 15) is 5.26 Å². The van der Waals surface area contributed by atoms with Crippen LogP contribution in [0.4, 0.5) is 0 Å². The van der Waals surface area contributed by atoms with Gasteiger partial charge in [-0.15, -0.1) is 0 Å². The Kier molecular flexibility index (Phi) is 3.55. The number of nitrogens with zero attached hydrogens (tertiary/aromatic N) is 5. The molecular weight excluding hydrogens is 312 g/mol. The van der Waals surface area contributed by atoms with Crippen LogP contribution < -0.4 is 0 Å². The SMILES string of the molecule is Cc1cncc(-c2cc(Cc3ccn(C)n3)nc3[nH]cc(C#N)c23)c1. The van der Waals surface area contributed by atoms with Gasteiger partial charge in [-0.25, -0.2) is 4.98 Å². The largest absolute Gasteiger partial charge is 0.345 e. The van der Waals surface area contributed by atoms with Crippen molar-refractivity contribution in [2.45, 2.75) is 13.3 Å². The van der Waals surface area contributed by atoms with Gasteiger partial charge < -0.3 is 4.98 Å². The van der Waals surface area contributed by atoms with Gasteiger partial charge in [0, 0.05) is 54.9 Å². The van der Waals surface area contributed by atoms with Crippen LogP contribution >= 0.6 is 0 Å². The number of aryl methyl sites for hydroxylation is 2. The van der Waals surface area contributed by atoms with E-state index >= 15 is 0 Å². The monoisotopic (exact) mass is 328 g/mol. The standard InChI is InChI=1S/C19H16N6/c1-12-5-13(10-21-9-12)17-7-16(6-15-3-4-25(2)24-15)23-19-18(17)14(8-20)11-22-19/h3-5,7,9-11H,6H2,1-2H3,(H,22,23). The molecule has 122 valence electrons. The zero-order valence-corrected chi connectivity index (χ0v) is 14.0. The Labute approximate surface area is 144 Å². The maximum atomic E-state index is 9.43. The summed E-state index contributed by atoms with van der Waals surface area (Å²) in [6, 6.07) is 8.32. The molecule has 0 aliphatic carbocycles. The highest BCUT2D eigenvalue weighted by atomic mass is 15.2. The van der Waals surface area contributed by atoms with Crippen LogP contribution in [0.15, 0.2) is 43.0 Å². The number of nitriles is 1. The first-order chi connectivity index (χ1) is 12.1. The smallest absolute Gasteiger partial charge is 0.139 e. The van der Waals surface area contributed by atoms with Crippen molar-refractivity contribution in [1.82, 2.24) is 24.7 Å². The van der Waals surface area contributed by atoms with Crippen LogP contribution in [0.25, 0.3) is 22.2 Å². The van der Waals surface area contributed by atoms with Crippen LogP contribution in [0.5, 0.6) is 0 Å². The van der Waals surface area contributed by atoms with Gasteiger partial charge in [-0.05, 0) is 36.2 Å². The summed E-state index contributed by atoms with van der Waals surface area (Å²) < 4.78 is 1.78. The quantitative estimate of drug-likeness (QED) is 0.626. The lowest BCUT2D eigenvalue weighted by Gasteiger charge is -2.08. The Bertz CT molecular complexity index is 1110. The van der Waals surface area contributed by atoms with Gasteiger partial charge in [0.25, 0.3) is 0 Å². The fraction of sp³-hybridized carbons (Fsp3) is 0.158. The first-order valence-electron chi connectivity index (χ1n) is 7.95. The molecule has 0 fully saturated rings. The molecule has 6 nitrogen and oxygen atoms in total. The fourth-order valence-corrected chi connectivity index (χ4v) is 3.04. The molecule has 4 rings (SSSR count). The van der Waals surface area contributed by atoms with Gasteiger partial charge in [0.2, 0.25) is 0 Å². The minimum Gasteiger partial charge on any atom is -0.345 e. The zero-order valence-electron chi connectivity index (χ0n) is 14.0. The molecule has 0 radical (unpaired) electrons. The van der Waals surface area contributed by atoms with Gasteiger partial charge in [0.05, 0.1) is 11.3 Å². The molecule has 25 heavy (non-hydrogen) atoms. The van der Waals surface area contributed by atoms with Gasteiger partial charge in [0.1, 0.15) is 11.7 Å². The highest BCUT2D eigenvalue weighted by molar-refractivity contribution is 5.97. The number of aromatic amines is 1. The van der Waals surface area contributed by atoms with Crippen molar-refractivity contribution in [3.63, 3.8) is 0 Å². The molecule has 0 atom stereocenters. The Balaban J connectivity index is 1.91. The summed E-state index contributed by atoms with van der Waals surface area (Å²) in [6.45, 7) is 2.01. The van der Waals surface area contributed by atoms with Gasteiger partial charge in [-0.3, -0.25) is 9.67 Å². The van der Waals surface area contributed by atoms with Crippen molar-refractivity contribution in [2.75, 3.05) is 0 Å². The van der Waals surface area contributed by atoms with E-state index in [1.54, 1.807) is 10.9 Å². The predicted molar refractivity (Wildman–Crippen MR) is 94.8 cm³/mol. The average molecular weight is 328 g/mol. The summed E-state index contributed by atoms with van der Waals surface area (Å²) in [7, 11) is 1.90. The van der Waals surface area contributed by atoms with E-state index in [1.807, 2.05) is 44.7 Å². The summed E-state index contributed by atoms with van der Waals surface area (Å²) in [5, 5.41) is 14.7. The summed E-state index contributed by atoms with van der Waals surface area (Å²) >= 11 is 0. The fourth-order valence-electron chi connectivity index (χ4n) is 3.04. The third-order valence-corrected chi connectivity index (χ3v) is 4.13. The maximum Gasteiger partial charge on any atom is 0.139 e. The number of hydrogen-bond acceptors (Lipinski definition) is 4. The maximum absolute atomic E-state index is 9.43. The predicted octanol–water partition coefficient (Wildman–Crippen LogP) is 3.13. The first-order valence-corrected chi connectivity index (χ1v) is 7.95. The van der Waals surface area contributed by atoms with Gasteiger partial charge in [-0.2, -0.15) is 10.4 Å². The number of nitrogens with one attached hydrogen (secondary N) is 1. The molecule has 4 aromatic rings. The van der Waals surface area contributed by atoms with Crippen LogP contribution in [0.3, 0.4) is 0 Å². The Morgan fingerprint density at radius 2 is 2.12 bits per heavy atom. The third kappa shape index (κ3) is 2.76. The lowest BCUT2D eigenvalue weighted by Crippen LogP contribution is -1.97. The molecule has 4 heterocycles. The van der Waals surface area contributed by atoms with Crippen molar-refractivity contribution in [2.24, 2.45) is 7.05 Å². The number of hydrogen-bond donors (Lipinski definition) is 1. The average Bonchev–Trinajstić information content (AvgIpc) is 3.20. The van der Waals surface area contributed by atoms with E-state index in [2.05, 4.69) is 32.2 Å². The van der Waals surface area contributed by atoms with Crippen LogP contribution in [-0.4, -0.2) is 24.7 Å². The highest BCUT2D eigenvalue weighted by Gasteiger charge is 2.15. The number of aromatic nitrogens is 5. The first kappa shape index (κ1) is 15.1. The van der Waals surface area contributed by atoms with Crippen molar-refractivity contribution in [3.05, 3.63) is 65.5 Å². The van der Waals surface area contributed by atoms with Crippen molar-refractivity contribution in [3.8, 4) is 17.2 Å². The second-order valence-corrected chi connectivity index (χ2v) is 6.11. The van der Waals surface area contributed by atoms with Crippen LogP contribution in [0, 0.1) is 18.3 Å². The van der Waals surface area contributed by atoms with Crippen LogP contribution in [-0.2, 0) is 13.5 Å². The Hall–Kier alpha value is -3.46. The van der Waals surface area contributed by atoms with Gasteiger partial charge in [0.15, 0.2) is 0 Å². The van der Waals surface area contributed by atoms with Gasteiger partial charge >= 0.3 is 0 Å². The topological polar surface area (TPSA) is 83.2 Å². The minimum absolute atomic E-state index is 0.586. The van der Waals surface area contributed by atoms with Crippen LogP contribution in [0.1, 0.15) is 22.5 Å². The summed E-state index contributed by atoms with van der Waals surface area (Å²) in [5.41, 5.74) is 6.16. The summed E-state index contributed by atoms with van der Waals surface area (Å²) in [5.74, 6) is 0. The van der Waals surface area contributed by atoms with Crippen molar-refractivity contribution >= 4 is 11.0 Å². The molecule has 0 aliphatic heterocycles. The van der Waals surface area contributed by atoms with E-state index in [1.165, 1.54) is 0 Å². The minimum atomic E-state index is 0.586. The molecule has 0 spiro atoms. The van der Waals surface area contributed by atoms with Crippen LogP contribution in [0.2, 0.25) is 0 Å². The molecule has 0 saturated carbocycles. The molecule has 0 saturated heterocycles. The van der Waals surface area contributed by atoms with E-state index in [0.717, 1.165) is 33.5 Å². The van der Waals surface area contributed by atoms with E-state index in [0.29, 0.717) is 17.6 Å². The lowest BCUT2D eigenvalue weighted by molar-refractivity contribution is 0.747. The molecule has 0 unspecified atom stereocenters. The molecule has 1 N–H and O–H groups in total. The number of H-pyrrole nitrogens is 1. The number of rotatable bonds is 3. The molecule has 0 amide bonds. The van der Waals surface area contributed by atoms with Gasteiger partial charge in [-0.1, -0.05) is 0 Å². The molecule has 0 aromatic carbocycles.